The van der Waals surface area contributed by atoms with Crippen LogP contribution in [0.2, 0.25) is 0 Å². The van der Waals surface area contributed by atoms with Crippen LogP contribution >= 0.6 is 23.1 Å². The average Bonchev–Trinajstić information content (AvgIpc) is 3.61. The Morgan fingerprint density at radius 3 is 2.68 bits per heavy atom. The number of halogens is 1. The molecule has 6 nitrogen and oxygen atoms in total. The molecule has 34 heavy (non-hydrogen) atoms. The van der Waals surface area contributed by atoms with Gasteiger partial charge < -0.3 is 0 Å². The van der Waals surface area contributed by atoms with Crippen molar-refractivity contribution < 1.29 is 14.0 Å². The van der Waals surface area contributed by atoms with Crippen LogP contribution < -0.4 is 5.56 Å². The highest BCUT2D eigenvalue weighted by Crippen LogP contribution is 2.44. The molecule has 3 aromatic rings. The molecule has 1 aliphatic heterocycles. The second kappa shape index (κ2) is 9.46. The Labute approximate surface area is 204 Å². The number of carbonyl (C=O) groups excluding carboxylic acids is 2. The highest BCUT2D eigenvalue weighted by Gasteiger charge is 2.34. The van der Waals surface area contributed by atoms with Crippen LogP contribution in [-0.2, 0) is 11.3 Å². The van der Waals surface area contributed by atoms with Crippen LogP contribution in [0.4, 0.5) is 4.39 Å². The van der Waals surface area contributed by atoms with Crippen LogP contribution in [0, 0.1) is 5.82 Å². The van der Waals surface area contributed by atoms with E-state index < -0.39 is 17.0 Å². The number of rotatable bonds is 6. The lowest BCUT2D eigenvalue weighted by molar-refractivity contribution is -0.127. The minimum absolute atomic E-state index is 0.101. The molecule has 9 heteroatoms. The SMILES string of the molecule is C=CCn1c(SC2CCCCN(C(=O)c3ccc(F)cc3)C2=O)nc2scc(C3CC3)c2c1=O. The Morgan fingerprint density at radius 1 is 1.21 bits per heavy atom. The van der Waals surface area contributed by atoms with E-state index >= 15 is 0 Å². The van der Waals surface area contributed by atoms with E-state index in [-0.39, 0.29) is 17.0 Å². The fourth-order valence-electron chi connectivity index (χ4n) is 4.30. The van der Waals surface area contributed by atoms with Crippen LogP contribution in [0.5, 0.6) is 0 Å². The van der Waals surface area contributed by atoms with Gasteiger partial charge >= 0.3 is 0 Å². The Morgan fingerprint density at radius 2 is 1.97 bits per heavy atom. The summed E-state index contributed by atoms with van der Waals surface area (Å²) >= 11 is 2.71. The van der Waals surface area contributed by atoms with Gasteiger partial charge in [-0.05, 0) is 66.8 Å². The van der Waals surface area contributed by atoms with Crippen LogP contribution in [0.3, 0.4) is 0 Å². The number of amides is 2. The number of hydrogen-bond donors (Lipinski definition) is 0. The van der Waals surface area contributed by atoms with Crippen molar-refractivity contribution >= 4 is 45.1 Å². The Kier molecular flexibility index (Phi) is 6.40. The summed E-state index contributed by atoms with van der Waals surface area (Å²) in [6.45, 7) is 4.39. The maximum Gasteiger partial charge on any atom is 0.263 e. The molecule has 1 aliphatic carbocycles. The van der Waals surface area contributed by atoms with Crippen molar-refractivity contribution in [3.05, 3.63) is 69.6 Å². The second-order valence-electron chi connectivity index (χ2n) is 8.65. The topological polar surface area (TPSA) is 72.3 Å². The molecule has 1 saturated heterocycles. The van der Waals surface area contributed by atoms with Gasteiger partial charge in [0.2, 0.25) is 5.91 Å². The van der Waals surface area contributed by atoms with Crippen molar-refractivity contribution in [3.63, 3.8) is 0 Å². The number of allylic oxidation sites excluding steroid dienone is 1. The van der Waals surface area contributed by atoms with E-state index in [4.69, 9.17) is 4.98 Å². The van der Waals surface area contributed by atoms with Gasteiger partial charge in [0.25, 0.3) is 11.5 Å². The number of thiophene rings is 1. The molecule has 3 heterocycles. The molecule has 2 aromatic heterocycles. The summed E-state index contributed by atoms with van der Waals surface area (Å²) in [6, 6.07) is 5.21. The number of aromatic nitrogens is 2. The number of likely N-dealkylation sites (tertiary alicyclic amines) is 1. The molecular weight excluding hydrogens is 473 g/mol. The third kappa shape index (κ3) is 4.34. The number of hydrogen-bond acceptors (Lipinski definition) is 6. The second-order valence-corrected chi connectivity index (χ2v) is 10.7. The monoisotopic (exact) mass is 497 g/mol. The van der Waals surface area contributed by atoms with Gasteiger partial charge in [-0.1, -0.05) is 24.3 Å². The quantitative estimate of drug-likeness (QED) is 0.273. The van der Waals surface area contributed by atoms with E-state index in [0.29, 0.717) is 47.2 Å². The molecule has 1 atom stereocenters. The van der Waals surface area contributed by atoms with E-state index in [1.807, 2.05) is 5.38 Å². The van der Waals surface area contributed by atoms with E-state index in [1.165, 1.54) is 52.3 Å². The van der Waals surface area contributed by atoms with Gasteiger partial charge in [0.1, 0.15) is 10.6 Å². The molecule has 5 rings (SSSR count). The molecule has 176 valence electrons. The zero-order chi connectivity index (χ0) is 23.8. The maximum atomic E-state index is 13.4. The maximum absolute atomic E-state index is 13.4. The summed E-state index contributed by atoms with van der Waals surface area (Å²) in [5.74, 6) is -0.737. The predicted octanol–water partition coefficient (Wildman–Crippen LogP) is 4.97. The van der Waals surface area contributed by atoms with Crippen LogP contribution in [0.1, 0.15) is 53.9 Å². The molecular formula is C25H24FN3O3S2. The van der Waals surface area contributed by atoms with E-state index in [0.717, 1.165) is 24.8 Å². The first kappa shape index (κ1) is 23.0. The summed E-state index contributed by atoms with van der Waals surface area (Å²) in [5.41, 5.74) is 1.25. The van der Waals surface area contributed by atoms with Crippen LogP contribution in [0.25, 0.3) is 10.2 Å². The summed E-state index contributed by atoms with van der Waals surface area (Å²) in [4.78, 5) is 46.6. The number of imide groups is 1. The lowest BCUT2D eigenvalue weighted by Crippen LogP contribution is -2.41. The van der Waals surface area contributed by atoms with Gasteiger partial charge in [-0.3, -0.25) is 23.9 Å². The molecule has 0 N–H and O–H groups in total. The number of fused-ring (bicyclic) bond motifs is 1. The third-order valence-electron chi connectivity index (χ3n) is 6.24. The highest BCUT2D eigenvalue weighted by atomic mass is 32.2. The third-order valence-corrected chi connectivity index (χ3v) is 8.37. The Bertz CT molecular complexity index is 1330. The van der Waals surface area contributed by atoms with Gasteiger partial charge in [-0.25, -0.2) is 9.37 Å². The highest BCUT2D eigenvalue weighted by molar-refractivity contribution is 8.00. The molecule has 2 aliphatic rings. The molecule has 0 bridgehead atoms. The molecule has 2 fully saturated rings. The van der Waals surface area contributed by atoms with Crippen molar-refractivity contribution in [2.24, 2.45) is 0 Å². The van der Waals surface area contributed by atoms with E-state index in [2.05, 4.69) is 6.58 Å². The zero-order valence-electron chi connectivity index (χ0n) is 18.5. The average molecular weight is 498 g/mol. The summed E-state index contributed by atoms with van der Waals surface area (Å²) in [7, 11) is 0. The fraction of sp³-hybridized carbons (Fsp3) is 0.360. The zero-order valence-corrected chi connectivity index (χ0v) is 20.2. The van der Waals surface area contributed by atoms with Crippen molar-refractivity contribution in [1.82, 2.24) is 14.5 Å². The molecule has 1 saturated carbocycles. The largest absolute Gasteiger partial charge is 0.283 e. The van der Waals surface area contributed by atoms with E-state index in [1.54, 1.807) is 10.6 Å². The molecule has 1 unspecified atom stereocenters. The fourth-order valence-corrected chi connectivity index (χ4v) is 6.56. The lowest BCUT2D eigenvalue weighted by atomic mass is 10.1. The summed E-state index contributed by atoms with van der Waals surface area (Å²) < 4.78 is 14.9. The first-order valence-electron chi connectivity index (χ1n) is 11.4. The van der Waals surface area contributed by atoms with Gasteiger partial charge in [-0.2, -0.15) is 0 Å². The molecule has 0 spiro atoms. The Hall–Kier alpha value is -2.78. The number of thioether (sulfide) groups is 1. The van der Waals surface area contributed by atoms with Crippen molar-refractivity contribution in [3.8, 4) is 0 Å². The molecule has 0 radical (unpaired) electrons. The number of benzene rings is 1. The minimum atomic E-state index is -0.546. The van der Waals surface area contributed by atoms with Crippen molar-refractivity contribution in [2.45, 2.75) is 55.0 Å². The number of nitrogens with zero attached hydrogens (tertiary/aromatic N) is 3. The van der Waals surface area contributed by atoms with Gasteiger partial charge in [-0.15, -0.1) is 17.9 Å². The molecule has 1 aromatic carbocycles. The number of carbonyl (C=O) groups is 2. The lowest BCUT2D eigenvalue weighted by Gasteiger charge is -2.23. The van der Waals surface area contributed by atoms with Gasteiger partial charge in [0, 0.05) is 18.7 Å². The summed E-state index contributed by atoms with van der Waals surface area (Å²) in [5, 5.41) is 2.63. The van der Waals surface area contributed by atoms with Crippen molar-refractivity contribution in [1.29, 1.82) is 0 Å². The normalized spacial score (nSPS) is 18.8. The van der Waals surface area contributed by atoms with Crippen LogP contribution in [0.15, 0.2) is 52.3 Å². The minimum Gasteiger partial charge on any atom is -0.283 e. The van der Waals surface area contributed by atoms with Crippen LogP contribution in [-0.4, -0.2) is 38.1 Å². The Balaban J connectivity index is 1.47. The summed E-state index contributed by atoms with van der Waals surface area (Å²) in [6.07, 6.45) is 5.89. The standard InChI is InChI=1S/C25H24FN3O3S2/c1-2-12-29-24(32)20-18(15-6-7-15)14-33-21(20)27-25(29)34-19-5-3-4-13-28(23(19)31)22(30)16-8-10-17(26)11-9-16/h2,8-11,14-15,19H,1,3-7,12-13H2. The van der Waals surface area contributed by atoms with Gasteiger partial charge in [0.15, 0.2) is 5.16 Å². The predicted molar refractivity (Wildman–Crippen MR) is 132 cm³/mol. The van der Waals surface area contributed by atoms with Gasteiger partial charge in [0.05, 0.1) is 10.6 Å². The molecule has 2 amide bonds. The first-order chi connectivity index (χ1) is 16.5. The first-order valence-corrected chi connectivity index (χ1v) is 13.1. The van der Waals surface area contributed by atoms with E-state index in [9.17, 15) is 18.8 Å². The smallest absolute Gasteiger partial charge is 0.263 e. The van der Waals surface area contributed by atoms with Crippen molar-refractivity contribution in [2.75, 3.05) is 6.54 Å².